The van der Waals surface area contributed by atoms with Crippen LogP contribution in [0.4, 0.5) is 4.79 Å². The molecule has 1 fully saturated rings. The minimum absolute atomic E-state index is 0.00520. The summed E-state index contributed by atoms with van der Waals surface area (Å²) in [6.07, 6.45) is 4.69. The largest absolute Gasteiger partial charge is 0.375 e. The molecule has 1 aliphatic heterocycles. The summed E-state index contributed by atoms with van der Waals surface area (Å²) in [4.78, 5) is 13.6. The summed E-state index contributed by atoms with van der Waals surface area (Å²) in [5, 5.41) is 7.04. The second kappa shape index (κ2) is 6.39. The Bertz CT molecular complexity index is 366. The molecule has 6 heteroatoms. The van der Waals surface area contributed by atoms with Crippen molar-refractivity contribution in [2.45, 2.75) is 26.0 Å². The molecule has 18 heavy (non-hydrogen) atoms. The molecule has 0 unspecified atom stereocenters. The van der Waals surface area contributed by atoms with Crippen LogP contribution in [0, 0.1) is 0 Å². The van der Waals surface area contributed by atoms with Crippen LogP contribution in [0.5, 0.6) is 0 Å². The number of nitrogens with one attached hydrogen (secondary N) is 1. The van der Waals surface area contributed by atoms with E-state index in [1.54, 1.807) is 6.20 Å². The number of morpholine rings is 1. The average molecular weight is 252 g/mol. The normalized spacial score (nSPS) is 19.8. The fourth-order valence-electron chi connectivity index (χ4n) is 1.98. The summed E-state index contributed by atoms with van der Waals surface area (Å²) in [6.45, 7) is 5.45. The maximum absolute atomic E-state index is 11.8. The van der Waals surface area contributed by atoms with E-state index in [1.807, 2.05) is 28.8 Å². The van der Waals surface area contributed by atoms with Gasteiger partial charge in [-0.25, -0.2) is 4.79 Å². The highest BCUT2D eigenvalue weighted by Gasteiger charge is 2.20. The number of hydrogen-bond donors (Lipinski definition) is 1. The Labute approximate surface area is 107 Å². The fraction of sp³-hybridized carbons (Fsp3) is 0.667. The molecule has 1 aliphatic rings. The van der Waals surface area contributed by atoms with Crippen molar-refractivity contribution in [1.82, 2.24) is 20.0 Å². The van der Waals surface area contributed by atoms with E-state index >= 15 is 0 Å². The van der Waals surface area contributed by atoms with Crippen LogP contribution >= 0.6 is 0 Å². The Hall–Kier alpha value is -1.56. The third-order valence-corrected chi connectivity index (χ3v) is 2.93. The van der Waals surface area contributed by atoms with E-state index in [9.17, 15) is 4.79 Å². The first-order valence-electron chi connectivity index (χ1n) is 6.37. The SMILES string of the molecule is C[C@@H]1CN(C(=O)NCCCn2cccn2)CCO1. The predicted molar refractivity (Wildman–Crippen MR) is 67.2 cm³/mol. The summed E-state index contributed by atoms with van der Waals surface area (Å²) in [5.74, 6) is 0. The standard InChI is InChI=1S/C12H20N4O2/c1-11-10-15(8-9-18-11)12(17)13-4-2-6-16-7-3-5-14-16/h3,5,7,11H,2,4,6,8-10H2,1H3,(H,13,17)/t11-/m1/s1. The molecule has 6 nitrogen and oxygen atoms in total. The molecule has 2 heterocycles. The first-order chi connectivity index (χ1) is 8.75. The Balaban J connectivity index is 1.62. The molecule has 0 aliphatic carbocycles. The van der Waals surface area contributed by atoms with E-state index in [-0.39, 0.29) is 12.1 Å². The van der Waals surface area contributed by atoms with Crippen LogP contribution in [0.3, 0.4) is 0 Å². The second-order valence-electron chi connectivity index (χ2n) is 4.48. The van der Waals surface area contributed by atoms with Gasteiger partial charge in [-0.3, -0.25) is 4.68 Å². The summed E-state index contributed by atoms with van der Waals surface area (Å²) in [6, 6.07) is 1.90. The summed E-state index contributed by atoms with van der Waals surface area (Å²) in [5.41, 5.74) is 0. The van der Waals surface area contributed by atoms with Gasteiger partial charge >= 0.3 is 6.03 Å². The van der Waals surface area contributed by atoms with Crippen LogP contribution in [0.2, 0.25) is 0 Å². The zero-order valence-corrected chi connectivity index (χ0v) is 10.7. The smallest absolute Gasteiger partial charge is 0.317 e. The van der Waals surface area contributed by atoms with Crippen LogP contribution < -0.4 is 5.32 Å². The summed E-state index contributed by atoms with van der Waals surface area (Å²) >= 11 is 0. The topological polar surface area (TPSA) is 59.4 Å². The molecule has 2 rings (SSSR count). The Morgan fingerprint density at radius 3 is 3.22 bits per heavy atom. The van der Waals surface area contributed by atoms with E-state index in [1.165, 1.54) is 0 Å². The van der Waals surface area contributed by atoms with E-state index in [0.717, 1.165) is 13.0 Å². The predicted octanol–water partition coefficient (Wildman–Crippen LogP) is 0.703. The van der Waals surface area contributed by atoms with Gasteiger partial charge in [-0.2, -0.15) is 5.10 Å². The van der Waals surface area contributed by atoms with Gasteiger partial charge in [-0.1, -0.05) is 0 Å². The number of carbonyl (C=O) groups is 1. The first-order valence-corrected chi connectivity index (χ1v) is 6.37. The number of amides is 2. The molecular weight excluding hydrogens is 232 g/mol. The minimum atomic E-state index is 0.00520. The fourth-order valence-corrected chi connectivity index (χ4v) is 1.98. The maximum Gasteiger partial charge on any atom is 0.317 e. The number of rotatable bonds is 4. The van der Waals surface area contributed by atoms with Gasteiger partial charge in [0, 0.05) is 38.6 Å². The van der Waals surface area contributed by atoms with Crippen molar-refractivity contribution in [1.29, 1.82) is 0 Å². The van der Waals surface area contributed by atoms with Gasteiger partial charge in [0.25, 0.3) is 0 Å². The zero-order valence-electron chi connectivity index (χ0n) is 10.7. The van der Waals surface area contributed by atoms with Crippen LogP contribution in [-0.4, -0.2) is 53.1 Å². The van der Waals surface area contributed by atoms with Crippen LogP contribution in [0.25, 0.3) is 0 Å². The number of urea groups is 1. The molecular formula is C12H20N4O2. The lowest BCUT2D eigenvalue weighted by Crippen LogP contribution is -2.49. The zero-order chi connectivity index (χ0) is 12.8. The van der Waals surface area contributed by atoms with Gasteiger partial charge in [0.2, 0.25) is 0 Å². The summed E-state index contributed by atoms with van der Waals surface area (Å²) < 4.78 is 7.26. The third kappa shape index (κ3) is 3.73. The Morgan fingerprint density at radius 1 is 1.61 bits per heavy atom. The minimum Gasteiger partial charge on any atom is -0.375 e. The number of ether oxygens (including phenoxy) is 1. The van der Waals surface area contributed by atoms with Gasteiger partial charge in [0.05, 0.1) is 12.7 Å². The molecule has 1 aromatic heterocycles. The van der Waals surface area contributed by atoms with Crippen LogP contribution in [0.15, 0.2) is 18.5 Å². The molecule has 1 N–H and O–H groups in total. The van der Waals surface area contributed by atoms with Gasteiger partial charge in [0.1, 0.15) is 0 Å². The van der Waals surface area contributed by atoms with Gasteiger partial charge in [-0.05, 0) is 19.4 Å². The first kappa shape index (κ1) is 12.9. The molecule has 1 atom stereocenters. The second-order valence-corrected chi connectivity index (χ2v) is 4.48. The highest BCUT2D eigenvalue weighted by atomic mass is 16.5. The molecule has 100 valence electrons. The van der Waals surface area contributed by atoms with Gasteiger partial charge in [0.15, 0.2) is 0 Å². The van der Waals surface area contributed by atoms with Crippen molar-refractivity contribution in [3.05, 3.63) is 18.5 Å². The van der Waals surface area contributed by atoms with Crippen molar-refractivity contribution in [2.24, 2.45) is 0 Å². The van der Waals surface area contributed by atoms with E-state index < -0.39 is 0 Å². The molecule has 0 radical (unpaired) electrons. The molecule has 1 aromatic rings. The maximum atomic E-state index is 11.8. The highest BCUT2D eigenvalue weighted by Crippen LogP contribution is 2.04. The number of nitrogens with zero attached hydrogens (tertiary/aromatic N) is 3. The molecule has 2 amide bonds. The average Bonchev–Trinajstić information content (AvgIpc) is 2.87. The highest BCUT2D eigenvalue weighted by molar-refractivity contribution is 5.74. The lowest BCUT2D eigenvalue weighted by molar-refractivity contribution is -0.00345. The summed E-state index contributed by atoms with van der Waals surface area (Å²) in [7, 11) is 0. The van der Waals surface area contributed by atoms with Crippen molar-refractivity contribution in [3.63, 3.8) is 0 Å². The molecule has 0 spiro atoms. The molecule has 0 saturated carbocycles. The van der Waals surface area contributed by atoms with E-state index in [0.29, 0.717) is 26.2 Å². The van der Waals surface area contributed by atoms with Crippen molar-refractivity contribution < 1.29 is 9.53 Å². The molecule has 0 bridgehead atoms. The molecule has 0 aromatic carbocycles. The molecule has 1 saturated heterocycles. The Morgan fingerprint density at radius 2 is 2.50 bits per heavy atom. The monoisotopic (exact) mass is 252 g/mol. The van der Waals surface area contributed by atoms with Gasteiger partial charge in [-0.15, -0.1) is 0 Å². The lowest BCUT2D eigenvalue weighted by Gasteiger charge is -2.31. The van der Waals surface area contributed by atoms with E-state index in [2.05, 4.69) is 10.4 Å². The van der Waals surface area contributed by atoms with Gasteiger partial charge < -0.3 is 15.0 Å². The van der Waals surface area contributed by atoms with Crippen molar-refractivity contribution in [2.75, 3.05) is 26.2 Å². The van der Waals surface area contributed by atoms with Crippen LogP contribution in [0.1, 0.15) is 13.3 Å². The number of hydrogen-bond acceptors (Lipinski definition) is 3. The number of aryl methyl sites for hydroxylation is 1. The lowest BCUT2D eigenvalue weighted by atomic mass is 10.3. The number of carbonyl (C=O) groups excluding carboxylic acids is 1. The van der Waals surface area contributed by atoms with E-state index in [4.69, 9.17) is 4.74 Å². The van der Waals surface area contributed by atoms with Crippen LogP contribution in [-0.2, 0) is 11.3 Å². The quantitative estimate of drug-likeness (QED) is 0.803. The Kier molecular flexibility index (Phi) is 4.58. The third-order valence-electron chi connectivity index (χ3n) is 2.93. The van der Waals surface area contributed by atoms with Crippen molar-refractivity contribution in [3.8, 4) is 0 Å². The number of aromatic nitrogens is 2. The van der Waals surface area contributed by atoms with Crippen molar-refractivity contribution >= 4 is 6.03 Å².